The normalized spacial score (nSPS) is 23.2. The summed E-state index contributed by atoms with van der Waals surface area (Å²) < 4.78 is 12.4. The Bertz CT molecular complexity index is 721. The molecule has 1 aromatic carbocycles. The van der Waals surface area contributed by atoms with Crippen LogP contribution in [0, 0.1) is 0 Å². The van der Waals surface area contributed by atoms with Crippen LogP contribution in [0.15, 0.2) is 30.5 Å². The third-order valence-electron chi connectivity index (χ3n) is 5.30. The second-order valence-electron chi connectivity index (χ2n) is 7.55. The number of nitrogens with zero attached hydrogens (tertiary/aromatic N) is 1. The fraction of sp³-hybridized carbons (Fsp3) is 0.500. The summed E-state index contributed by atoms with van der Waals surface area (Å²) >= 11 is 0. The van der Waals surface area contributed by atoms with Crippen LogP contribution in [0.3, 0.4) is 0 Å². The smallest absolute Gasteiger partial charge is 0.399 e. The SMILES string of the molecule is CC1(C)OB(c2cc(C3CC3)c3ncccc3c2)OC1(C)C. The van der Waals surface area contributed by atoms with Crippen LogP contribution in [0.4, 0.5) is 0 Å². The molecule has 2 fully saturated rings. The Kier molecular flexibility index (Phi) is 2.95. The summed E-state index contributed by atoms with van der Waals surface area (Å²) in [6, 6.07) is 8.53. The largest absolute Gasteiger partial charge is 0.494 e. The molecule has 1 aromatic heterocycles. The molecule has 0 N–H and O–H groups in total. The Balaban J connectivity index is 1.80. The van der Waals surface area contributed by atoms with Crippen molar-refractivity contribution in [1.82, 2.24) is 4.98 Å². The molecule has 0 amide bonds. The van der Waals surface area contributed by atoms with Crippen molar-refractivity contribution in [3.05, 3.63) is 36.0 Å². The molecule has 1 aliphatic heterocycles. The minimum absolute atomic E-state index is 0.299. The monoisotopic (exact) mass is 295 g/mol. The van der Waals surface area contributed by atoms with E-state index in [0.717, 1.165) is 11.0 Å². The van der Waals surface area contributed by atoms with Crippen LogP contribution in [0.2, 0.25) is 0 Å². The number of fused-ring (bicyclic) bond motifs is 1. The molecule has 1 saturated heterocycles. The fourth-order valence-corrected chi connectivity index (χ4v) is 3.07. The molecule has 114 valence electrons. The molecule has 1 saturated carbocycles. The minimum Gasteiger partial charge on any atom is -0.399 e. The van der Waals surface area contributed by atoms with E-state index in [2.05, 4.69) is 50.9 Å². The van der Waals surface area contributed by atoms with E-state index in [-0.39, 0.29) is 18.3 Å². The van der Waals surface area contributed by atoms with Gasteiger partial charge in [0.25, 0.3) is 0 Å². The highest BCUT2D eigenvalue weighted by Gasteiger charge is 2.51. The van der Waals surface area contributed by atoms with Crippen molar-refractivity contribution in [2.45, 2.75) is 57.7 Å². The average molecular weight is 295 g/mol. The maximum atomic E-state index is 6.21. The van der Waals surface area contributed by atoms with Gasteiger partial charge in [-0.2, -0.15) is 0 Å². The molecular formula is C18H22BNO2. The van der Waals surface area contributed by atoms with Crippen LogP contribution >= 0.6 is 0 Å². The molecule has 4 rings (SSSR count). The minimum atomic E-state index is -0.304. The Labute approximate surface area is 132 Å². The first kappa shape index (κ1) is 14.2. The third-order valence-corrected chi connectivity index (χ3v) is 5.30. The lowest BCUT2D eigenvalue weighted by molar-refractivity contribution is 0.00578. The van der Waals surface area contributed by atoms with Crippen molar-refractivity contribution >= 4 is 23.5 Å². The Morgan fingerprint density at radius 2 is 1.77 bits per heavy atom. The number of pyridine rings is 1. The van der Waals surface area contributed by atoms with E-state index in [1.54, 1.807) is 0 Å². The summed E-state index contributed by atoms with van der Waals surface area (Å²) in [7, 11) is -0.299. The summed E-state index contributed by atoms with van der Waals surface area (Å²) in [6.45, 7) is 8.38. The van der Waals surface area contributed by atoms with E-state index in [9.17, 15) is 0 Å². The van der Waals surface area contributed by atoms with Gasteiger partial charge in [0.2, 0.25) is 0 Å². The van der Waals surface area contributed by atoms with Crippen molar-refractivity contribution < 1.29 is 9.31 Å². The van der Waals surface area contributed by atoms with Crippen LogP contribution in [-0.4, -0.2) is 23.3 Å². The van der Waals surface area contributed by atoms with Gasteiger partial charge in [0.1, 0.15) is 0 Å². The van der Waals surface area contributed by atoms with Crippen LogP contribution in [0.25, 0.3) is 10.9 Å². The number of aromatic nitrogens is 1. The van der Waals surface area contributed by atoms with Gasteiger partial charge >= 0.3 is 7.12 Å². The summed E-state index contributed by atoms with van der Waals surface area (Å²) in [4.78, 5) is 4.59. The third kappa shape index (κ3) is 2.17. The highest BCUT2D eigenvalue weighted by atomic mass is 16.7. The second-order valence-corrected chi connectivity index (χ2v) is 7.55. The molecule has 0 spiro atoms. The van der Waals surface area contributed by atoms with E-state index < -0.39 is 0 Å². The summed E-state index contributed by atoms with van der Waals surface area (Å²) in [6.07, 6.45) is 4.40. The predicted molar refractivity (Wildman–Crippen MR) is 89.4 cm³/mol. The lowest BCUT2D eigenvalue weighted by Gasteiger charge is -2.32. The number of hydrogen-bond acceptors (Lipinski definition) is 3. The molecule has 2 aromatic rings. The van der Waals surface area contributed by atoms with Gasteiger partial charge in [-0.05, 0) is 63.5 Å². The van der Waals surface area contributed by atoms with Gasteiger partial charge in [-0.15, -0.1) is 0 Å². The van der Waals surface area contributed by atoms with Crippen LogP contribution in [0.5, 0.6) is 0 Å². The summed E-state index contributed by atoms with van der Waals surface area (Å²) in [5, 5.41) is 1.18. The Morgan fingerprint density at radius 1 is 1.09 bits per heavy atom. The fourth-order valence-electron chi connectivity index (χ4n) is 3.07. The topological polar surface area (TPSA) is 31.4 Å². The summed E-state index contributed by atoms with van der Waals surface area (Å²) in [5.41, 5.74) is 2.98. The van der Waals surface area contributed by atoms with Crippen molar-refractivity contribution in [3.63, 3.8) is 0 Å². The highest BCUT2D eigenvalue weighted by molar-refractivity contribution is 6.62. The lowest BCUT2D eigenvalue weighted by atomic mass is 9.77. The number of hydrogen-bond donors (Lipinski definition) is 0. The number of benzene rings is 1. The van der Waals surface area contributed by atoms with Crippen LogP contribution in [-0.2, 0) is 9.31 Å². The lowest BCUT2D eigenvalue weighted by Crippen LogP contribution is -2.41. The van der Waals surface area contributed by atoms with Crippen molar-refractivity contribution in [3.8, 4) is 0 Å². The predicted octanol–water partition coefficient (Wildman–Crippen LogP) is 3.41. The molecule has 0 unspecified atom stereocenters. The van der Waals surface area contributed by atoms with Gasteiger partial charge in [-0.3, -0.25) is 4.98 Å². The Hall–Kier alpha value is -1.39. The molecule has 4 heteroatoms. The van der Waals surface area contributed by atoms with E-state index >= 15 is 0 Å². The molecule has 3 nitrogen and oxygen atoms in total. The molecular weight excluding hydrogens is 273 g/mol. The maximum absolute atomic E-state index is 6.21. The first-order chi connectivity index (χ1) is 10.4. The molecule has 22 heavy (non-hydrogen) atoms. The van der Waals surface area contributed by atoms with Gasteiger partial charge in [-0.1, -0.05) is 18.2 Å². The standard InChI is InChI=1S/C18H22BNO2/c1-17(2)18(3,4)22-19(21-17)14-10-13-6-5-9-20-16(13)15(11-14)12-7-8-12/h5-6,9-12H,7-8H2,1-4H3. The van der Waals surface area contributed by atoms with Gasteiger partial charge in [0.15, 0.2) is 0 Å². The highest BCUT2D eigenvalue weighted by Crippen LogP contribution is 2.43. The van der Waals surface area contributed by atoms with Gasteiger partial charge < -0.3 is 9.31 Å². The quantitative estimate of drug-likeness (QED) is 0.796. The zero-order valence-electron chi connectivity index (χ0n) is 13.7. The van der Waals surface area contributed by atoms with Crippen molar-refractivity contribution in [2.24, 2.45) is 0 Å². The van der Waals surface area contributed by atoms with Gasteiger partial charge in [-0.25, -0.2) is 0 Å². The van der Waals surface area contributed by atoms with Gasteiger partial charge in [0.05, 0.1) is 16.7 Å². The van der Waals surface area contributed by atoms with E-state index in [1.165, 1.54) is 23.8 Å². The molecule has 2 aliphatic rings. The first-order valence-electron chi connectivity index (χ1n) is 8.12. The summed E-state index contributed by atoms with van der Waals surface area (Å²) in [5.74, 6) is 0.653. The van der Waals surface area contributed by atoms with Gasteiger partial charge in [0, 0.05) is 11.6 Å². The van der Waals surface area contributed by atoms with Crippen molar-refractivity contribution in [1.29, 1.82) is 0 Å². The molecule has 0 atom stereocenters. The maximum Gasteiger partial charge on any atom is 0.494 e. The van der Waals surface area contributed by atoms with E-state index in [4.69, 9.17) is 9.31 Å². The molecule has 0 radical (unpaired) electrons. The molecule has 0 bridgehead atoms. The zero-order valence-corrected chi connectivity index (χ0v) is 13.7. The van der Waals surface area contributed by atoms with Crippen LogP contribution in [0.1, 0.15) is 52.0 Å². The zero-order chi connectivity index (χ0) is 15.5. The second kappa shape index (κ2) is 4.56. The van der Waals surface area contributed by atoms with E-state index in [0.29, 0.717) is 5.92 Å². The number of rotatable bonds is 2. The molecule has 1 aliphatic carbocycles. The first-order valence-corrected chi connectivity index (χ1v) is 8.12. The van der Waals surface area contributed by atoms with Crippen molar-refractivity contribution in [2.75, 3.05) is 0 Å². The average Bonchev–Trinajstić information content (AvgIpc) is 3.26. The van der Waals surface area contributed by atoms with E-state index in [1.807, 2.05) is 12.3 Å². The molecule has 2 heterocycles. The Morgan fingerprint density at radius 3 is 2.41 bits per heavy atom. The van der Waals surface area contributed by atoms with Crippen LogP contribution < -0.4 is 5.46 Å².